The molecule has 1 aliphatic heterocycles. The number of carbonyl (C=O) groups is 2. The third kappa shape index (κ3) is 5.56. The van der Waals surface area contributed by atoms with Crippen LogP contribution in [0.4, 0.5) is 4.39 Å². The minimum atomic E-state index is -0.511. The van der Waals surface area contributed by atoms with E-state index in [2.05, 4.69) is 0 Å². The fourth-order valence-corrected chi connectivity index (χ4v) is 3.46. The minimum Gasteiger partial charge on any atom is -0.493 e. The van der Waals surface area contributed by atoms with Crippen molar-refractivity contribution in [2.45, 2.75) is 26.2 Å². The molecular formula is C23H27FN2O3. The van der Waals surface area contributed by atoms with Gasteiger partial charge in [-0.25, -0.2) is 4.39 Å². The topological polar surface area (TPSA) is 49.9 Å². The number of hydrogen-bond donors (Lipinski definition) is 0. The largest absolute Gasteiger partial charge is 0.493 e. The number of para-hydroxylation sites is 1. The van der Waals surface area contributed by atoms with Crippen LogP contribution in [0, 0.1) is 12.7 Å². The van der Waals surface area contributed by atoms with Gasteiger partial charge in [-0.15, -0.1) is 0 Å². The van der Waals surface area contributed by atoms with E-state index in [4.69, 9.17) is 4.74 Å². The first-order valence-corrected chi connectivity index (χ1v) is 10.1. The number of benzene rings is 2. The number of halogens is 1. The molecule has 2 aromatic carbocycles. The molecule has 1 saturated heterocycles. The van der Waals surface area contributed by atoms with Gasteiger partial charge in [0.15, 0.2) is 0 Å². The summed E-state index contributed by atoms with van der Waals surface area (Å²) >= 11 is 0. The van der Waals surface area contributed by atoms with E-state index in [0.29, 0.717) is 52.0 Å². The first-order chi connectivity index (χ1) is 14.1. The second kappa shape index (κ2) is 10.0. The molecule has 0 saturated carbocycles. The number of amides is 2. The van der Waals surface area contributed by atoms with Crippen LogP contribution in [0.1, 0.15) is 35.2 Å². The Morgan fingerprint density at radius 1 is 0.966 bits per heavy atom. The van der Waals surface area contributed by atoms with Gasteiger partial charge < -0.3 is 14.5 Å². The lowest BCUT2D eigenvalue weighted by Gasteiger charge is -2.22. The van der Waals surface area contributed by atoms with Crippen LogP contribution >= 0.6 is 0 Å². The zero-order valence-corrected chi connectivity index (χ0v) is 16.8. The summed E-state index contributed by atoms with van der Waals surface area (Å²) < 4.78 is 19.6. The number of hydrogen-bond acceptors (Lipinski definition) is 3. The van der Waals surface area contributed by atoms with E-state index in [1.54, 1.807) is 21.9 Å². The molecule has 154 valence electrons. The predicted octanol–water partition coefficient (Wildman–Crippen LogP) is 3.67. The summed E-state index contributed by atoms with van der Waals surface area (Å²) in [4.78, 5) is 28.6. The van der Waals surface area contributed by atoms with Crippen molar-refractivity contribution in [1.29, 1.82) is 0 Å². The minimum absolute atomic E-state index is 0.0681. The molecule has 0 N–H and O–H groups in total. The quantitative estimate of drug-likeness (QED) is 0.698. The Labute approximate surface area is 171 Å². The highest BCUT2D eigenvalue weighted by Crippen LogP contribution is 2.17. The maximum atomic E-state index is 13.9. The fraction of sp³-hybridized carbons (Fsp3) is 0.391. The normalized spacial score (nSPS) is 14.4. The van der Waals surface area contributed by atoms with Crippen LogP contribution in [0.5, 0.6) is 5.75 Å². The summed E-state index contributed by atoms with van der Waals surface area (Å²) in [5, 5.41) is 0. The zero-order chi connectivity index (χ0) is 20.6. The van der Waals surface area contributed by atoms with E-state index in [1.807, 2.05) is 31.2 Å². The lowest BCUT2D eigenvalue weighted by atomic mass is 10.2. The zero-order valence-electron chi connectivity index (χ0n) is 16.8. The Kier molecular flexibility index (Phi) is 7.22. The Bertz CT molecular complexity index is 856. The summed E-state index contributed by atoms with van der Waals surface area (Å²) in [5.41, 5.74) is 1.16. The maximum Gasteiger partial charge on any atom is 0.256 e. The summed E-state index contributed by atoms with van der Waals surface area (Å²) in [6.07, 6.45) is 1.74. The van der Waals surface area contributed by atoms with Crippen molar-refractivity contribution in [2.24, 2.45) is 0 Å². The van der Waals surface area contributed by atoms with Gasteiger partial charge in [0, 0.05) is 32.6 Å². The van der Waals surface area contributed by atoms with Crippen LogP contribution in [-0.4, -0.2) is 54.4 Å². The third-order valence-corrected chi connectivity index (χ3v) is 5.13. The first kappa shape index (κ1) is 20.8. The van der Waals surface area contributed by atoms with E-state index in [1.165, 1.54) is 12.1 Å². The van der Waals surface area contributed by atoms with Crippen molar-refractivity contribution in [3.8, 4) is 5.75 Å². The molecule has 0 unspecified atom stereocenters. The van der Waals surface area contributed by atoms with Gasteiger partial charge in [-0.1, -0.05) is 30.3 Å². The Morgan fingerprint density at radius 2 is 1.66 bits per heavy atom. The van der Waals surface area contributed by atoms with Crippen molar-refractivity contribution in [3.05, 3.63) is 65.5 Å². The van der Waals surface area contributed by atoms with Crippen LogP contribution < -0.4 is 4.74 Å². The average Bonchev–Trinajstić information content (AvgIpc) is 2.98. The van der Waals surface area contributed by atoms with E-state index in [-0.39, 0.29) is 17.4 Å². The number of rotatable bonds is 6. The highest BCUT2D eigenvalue weighted by Gasteiger charge is 2.24. The van der Waals surface area contributed by atoms with Crippen molar-refractivity contribution >= 4 is 11.8 Å². The van der Waals surface area contributed by atoms with E-state index >= 15 is 0 Å². The van der Waals surface area contributed by atoms with Crippen LogP contribution in [0.25, 0.3) is 0 Å². The molecular weight excluding hydrogens is 371 g/mol. The molecule has 1 aliphatic rings. The van der Waals surface area contributed by atoms with Gasteiger partial charge in [0.2, 0.25) is 5.91 Å². The monoisotopic (exact) mass is 398 g/mol. The molecule has 29 heavy (non-hydrogen) atoms. The molecule has 5 nitrogen and oxygen atoms in total. The van der Waals surface area contributed by atoms with Crippen molar-refractivity contribution < 1.29 is 18.7 Å². The van der Waals surface area contributed by atoms with Gasteiger partial charge >= 0.3 is 0 Å². The Morgan fingerprint density at radius 3 is 2.45 bits per heavy atom. The van der Waals surface area contributed by atoms with Gasteiger partial charge in [0.25, 0.3) is 5.91 Å². The molecule has 0 spiro atoms. The van der Waals surface area contributed by atoms with E-state index < -0.39 is 5.82 Å². The summed E-state index contributed by atoms with van der Waals surface area (Å²) in [6, 6.07) is 13.8. The highest BCUT2D eigenvalue weighted by atomic mass is 19.1. The van der Waals surface area contributed by atoms with Crippen molar-refractivity contribution in [1.82, 2.24) is 9.80 Å². The van der Waals surface area contributed by atoms with Gasteiger partial charge in [0.05, 0.1) is 12.2 Å². The second-order valence-corrected chi connectivity index (χ2v) is 7.22. The van der Waals surface area contributed by atoms with Crippen molar-refractivity contribution in [2.75, 3.05) is 32.8 Å². The smallest absolute Gasteiger partial charge is 0.256 e. The number of carbonyl (C=O) groups excluding carboxylic acids is 2. The summed E-state index contributed by atoms with van der Waals surface area (Å²) in [5.74, 6) is 0.0861. The van der Waals surface area contributed by atoms with E-state index in [0.717, 1.165) is 11.3 Å². The SMILES string of the molecule is Cc1ccccc1OCCCC(=O)N1CCCN(C(=O)c2ccccc2F)CC1. The third-order valence-electron chi connectivity index (χ3n) is 5.13. The standard InChI is InChI=1S/C23H27FN2O3/c1-18-8-2-5-11-21(18)29-17-6-12-22(27)25-13-7-14-26(16-15-25)23(28)19-9-3-4-10-20(19)24/h2-5,8-11H,6-7,12-17H2,1H3. The van der Waals surface area contributed by atoms with Crippen molar-refractivity contribution in [3.63, 3.8) is 0 Å². The maximum absolute atomic E-state index is 13.9. The summed E-state index contributed by atoms with van der Waals surface area (Å²) in [7, 11) is 0. The van der Waals surface area contributed by atoms with Crippen LogP contribution in [-0.2, 0) is 4.79 Å². The molecule has 1 heterocycles. The molecule has 3 rings (SSSR count). The van der Waals surface area contributed by atoms with Gasteiger partial charge in [0.1, 0.15) is 11.6 Å². The van der Waals surface area contributed by atoms with E-state index in [9.17, 15) is 14.0 Å². The number of ether oxygens (including phenoxy) is 1. The summed E-state index contributed by atoms with van der Waals surface area (Å²) in [6.45, 7) is 4.50. The van der Waals surface area contributed by atoms with Gasteiger partial charge in [-0.3, -0.25) is 9.59 Å². The molecule has 0 bridgehead atoms. The molecule has 2 aromatic rings. The average molecular weight is 398 g/mol. The molecule has 0 atom stereocenters. The van der Waals surface area contributed by atoms with Crippen LogP contribution in [0.3, 0.4) is 0 Å². The molecule has 0 radical (unpaired) electrons. The molecule has 0 aromatic heterocycles. The first-order valence-electron chi connectivity index (χ1n) is 10.1. The Hall–Kier alpha value is -2.89. The van der Waals surface area contributed by atoms with Crippen LogP contribution in [0.15, 0.2) is 48.5 Å². The highest BCUT2D eigenvalue weighted by molar-refractivity contribution is 5.94. The van der Waals surface area contributed by atoms with Crippen LogP contribution in [0.2, 0.25) is 0 Å². The lowest BCUT2D eigenvalue weighted by molar-refractivity contribution is -0.131. The lowest BCUT2D eigenvalue weighted by Crippen LogP contribution is -2.37. The second-order valence-electron chi connectivity index (χ2n) is 7.22. The number of aryl methyl sites for hydroxylation is 1. The number of nitrogens with zero attached hydrogens (tertiary/aromatic N) is 2. The molecule has 6 heteroatoms. The molecule has 0 aliphatic carbocycles. The predicted molar refractivity (Wildman–Crippen MR) is 109 cm³/mol. The Balaban J connectivity index is 1.45. The molecule has 1 fully saturated rings. The van der Waals surface area contributed by atoms with Gasteiger partial charge in [-0.05, 0) is 43.5 Å². The fourth-order valence-electron chi connectivity index (χ4n) is 3.46. The van der Waals surface area contributed by atoms with Gasteiger partial charge in [-0.2, -0.15) is 0 Å². The molecule has 2 amide bonds.